The first-order valence-electron chi connectivity index (χ1n) is 6.72. The van der Waals surface area contributed by atoms with Gasteiger partial charge in [0.15, 0.2) is 0 Å². The molecule has 1 aromatic carbocycles. The number of hydrogen-bond donors (Lipinski definition) is 0. The van der Waals surface area contributed by atoms with Crippen LogP contribution in [0.2, 0.25) is 0 Å². The molecule has 3 nitrogen and oxygen atoms in total. The molecule has 0 heterocycles. The molecule has 0 N–H and O–H groups in total. The highest BCUT2D eigenvalue weighted by atomic mass is 31.1. The summed E-state index contributed by atoms with van der Waals surface area (Å²) in [6, 6.07) is 9.13. The van der Waals surface area contributed by atoms with Crippen LogP contribution in [-0.4, -0.2) is 6.61 Å². The molecule has 0 aliphatic carbocycles. The molecule has 1 aromatic rings. The second-order valence-corrected chi connectivity index (χ2v) is 5.27. The van der Waals surface area contributed by atoms with Gasteiger partial charge < -0.3 is 9.05 Å². The van der Waals surface area contributed by atoms with E-state index >= 15 is 0 Å². The molecule has 1 rings (SSSR count). The smallest absolute Gasteiger partial charge is 0.367 e. The first kappa shape index (κ1) is 15.3. The molecule has 0 saturated carbocycles. The van der Waals surface area contributed by atoms with Crippen molar-refractivity contribution in [2.75, 3.05) is 6.61 Å². The molecule has 1 unspecified atom stereocenters. The van der Waals surface area contributed by atoms with Crippen LogP contribution in [0.4, 0.5) is 0 Å². The minimum atomic E-state index is -2.39. The van der Waals surface area contributed by atoms with Crippen molar-refractivity contribution in [2.24, 2.45) is 0 Å². The maximum Gasteiger partial charge on any atom is 0.367 e. The summed E-state index contributed by atoms with van der Waals surface area (Å²) < 4.78 is 21.8. The molecule has 0 spiro atoms. The Morgan fingerprint density at radius 2 is 1.67 bits per heavy atom. The Morgan fingerprint density at radius 3 is 2.39 bits per heavy atom. The van der Waals surface area contributed by atoms with Crippen molar-refractivity contribution in [1.29, 1.82) is 0 Å². The first-order valence-corrected chi connectivity index (χ1v) is 7.95. The Hall–Kier alpha value is -0.790. The lowest BCUT2D eigenvalue weighted by atomic mass is 10.1. The normalized spacial score (nSPS) is 12.3. The van der Waals surface area contributed by atoms with Gasteiger partial charge in [-0.3, -0.25) is 0 Å². The van der Waals surface area contributed by atoms with E-state index in [0.29, 0.717) is 12.4 Å². The molecule has 1 atom stereocenters. The van der Waals surface area contributed by atoms with E-state index in [1.54, 1.807) is 12.1 Å². The highest BCUT2D eigenvalue weighted by molar-refractivity contribution is 7.33. The van der Waals surface area contributed by atoms with Crippen molar-refractivity contribution in [3.63, 3.8) is 0 Å². The van der Waals surface area contributed by atoms with E-state index in [9.17, 15) is 4.57 Å². The number of rotatable bonds is 10. The van der Waals surface area contributed by atoms with Crippen molar-refractivity contribution in [3.05, 3.63) is 30.3 Å². The highest BCUT2D eigenvalue weighted by Crippen LogP contribution is 2.27. The molecule has 0 bridgehead atoms. The van der Waals surface area contributed by atoms with Crippen molar-refractivity contribution in [1.82, 2.24) is 0 Å². The molecule has 0 fully saturated rings. The van der Waals surface area contributed by atoms with Gasteiger partial charge in [-0.1, -0.05) is 57.2 Å². The molecule has 0 amide bonds. The van der Waals surface area contributed by atoms with E-state index in [1.807, 2.05) is 18.2 Å². The zero-order valence-electron chi connectivity index (χ0n) is 11.1. The van der Waals surface area contributed by atoms with Gasteiger partial charge in [0.25, 0.3) is 0 Å². The fraction of sp³-hybridized carbons (Fsp3) is 0.571. The maximum atomic E-state index is 11.5. The van der Waals surface area contributed by atoms with Crippen LogP contribution < -0.4 is 4.52 Å². The topological polar surface area (TPSA) is 35.5 Å². The number of unbranched alkanes of at least 4 members (excludes halogenated alkanes) is 5. The van der Waals surface area contributed by atoms with Crippen LogP contribution in [0.1, 0.15) is 45.4 Å². The van der Waals surface area contributed by atoms with Crippen LogP contribution >= 0.6 is 8.25 Å². The molecule has 0 saturated heterocycles. The Labute approximate surface area is 110 Å². The molecule has 4 heteroatoms. The SMILES string of the molecule is CCCCCCCCO[PH](=O)Oc1ccccc1. The zero-order valence-corrected chi connectivity index (χ0v) is 12.1. The van der Waals surface area contributed by atoms with Gasteiger partial charge in [0, 0.05) is 0 Å². The van der Waals surface area contributed by atoms with Gasteiger partial charge in [-0.25, -0.2) is 4.57 Å². The van der Waals surface area contributed by atoms with Gasteiger partial charge in [0.2, 0.25) is 0 Å². The fourth-order valence-corrected chi connectivity index (χ4v) is 2.35. The lowest BCUT2D eigenvalue weighted by Crippen LogP contribution is -1.91. The van der Waals surface area contributed by atoms with Crippen LogP contribution in [0.15, 0.2) is 30.3 Å². The van der Waals surface area contributed by atoms with Crippen molar-refractivity contribution in [3.8, 4) is 5.75 Å². The van der Waals surface area contributed by atoms with E-state index in [4.69, 9.17) is 9.05 Å². The van der Waals surface area contributed by atoms with Gasteiger partial charge in [-0.15, -0.1) is 0 Å². The number of hydrogen-bond acceptors (Lipinski definition) is 3. The molecular formula is C14H23O3P. The predicted molar refractivity (Wildman–Crippen MR) is 75.4 cm³/mol. The summed E-state index contributed by atoms with van der Waals surface area (Å²) >= 11 is 0. The standard InChI is InChI=1S/C14H23O3P/c1-2-3-4-5-6-10-13-16-18(15)17-14-11-8-7-9-12-14/h7-9,11-12,18H,2-6,10,13H2,1H3. The second kappa shape index (κ2) is 10.2. The van der Waals surface area contributed by atoms with Crippen LogP contribution in [0.5, 0.6) is 5.75 Å². The highest BCUT2D eigenvalue weighted by Gasteiger charge is 2.01. The lowest BCUT2D eigenvalue weighted by molar-refractivity contribution is 0.277. The number of para-hydroxylation sites is 1. The second-order valence-electron chi connectivity index (χ2n) is 4.28. The summed E-state index contributed by atoms with van der Waals surface area (Å²) in [6.45, 7) is 2.73. The Kier molecular flexibility index (Phi) is 8.62. The third-order valence-corrected chi connectivity index (χ3v) is 3.50. The average molecular weight is 270 g/mol. The van der Waals surface area contributed by atoms with Gasteiger partial charge in [-0.05, 0) is 18.6 Å². The summed E-state index contributed by atoms with van der Waals surface area (Å²) in [4.78, 5) is 0. The van der Waals surface area contributed by atoms with E-state index in [1.165, 1.54) is 25.7 Å². The average Bonchev–Trinajstić information content (AvgIpc) is 2.39. The van der Waals surface area contributed by atoms with Crippen LogP contribution in [0.3, 0.4) is 0 Å². The minimum Gasteiger partial charge on any atom is -0.426 e. The Bertz CT molecular complexity index is 327. The van der Waals surface area contributed by atoms with Crippen LogP contribution in [-0.2, 0) is 9.09 Å². The third kappa shape index (κ3) is 7.52. The summed E-state index contributed by atoms with van der Waals surface area (Å²) in [5.41, 5.74) is 0. The van der Waals surface area contributed by atoms with Crippen molar-refractivity contribution >= 4 is 8.25 Å². The fourth-order valence-electron chi connectivity index (χ4n) is 1.65. The third-order valence-electron chi connectivity index (χ3n) is 2.66. The summed E-state index contributed by atoms with van der Waals surface area (Å²) in [5, 5.41) is 0. The maximum absolute atomic E-state index is 11.5. The van der Waals surface area contributed by atoms with Crippen LogP contribution in [0, 0.1) is 0 Å². The zero-order chi connectivity index (χ0) is 13.1. The van der Waals surface area contributed by atoms with Crippen LogP contribution in [0.25, 0.3) is 0 Å². The van der Waals surface area contributed by atoms with E-state index in [2.05, 4.69) is 6.92 Å². The molecular weight excluding hydrogens is 247 g/mol. The Balaban J connectivity index is 2.00. The Morgan fingerprint density at radius 1 is 1.00 bits per heavy atom. The van der Waals surface area contributed by atoms with Gasteiger partial charge >= 0.3 is 8.25 Å². The summed E-state index contributed by atoms with van der Waals surface area (Å²) in [7, 11) is -2.39. The monoisotopic (exact) mass is 270 g/mol. The van der Waals surface area contributed by atoms with Gasteiger partial charge in [0.05, 0.1) is 6.61 Å². The molecule has 0 radical (unpaired) electrons. The largest absolute Gasteiger partial charge is 0.426 e. The van der Waals surface area contributed by atoms with Gasteiger partial charge in [0.1, 0.15) is 5.75 Å². The minimum absolute atomic E-state index is 0.525. The summed E-state index contributed by atoms with van der Waals surface area (Å²) in [5.74, 6) is 0.601. The van der Waals surface area contributed by atoms with Crippen molar-refractivity contribution in [2.45, 2.75) is 45.4 Å². The van der Waals surface area contributed by atoms with Crippen molar-refractivity contribution < 1.29 is 13.6 Å². The predicted octanol–water partition coefficient (Wildman–Crippen LogP) is 4.83. The number of benzene rings is 1. The molecule has 102 valence electrons. The molecule has 0 aliphatic heterocycles. The lowest BCUT2D eigenvalue weighted by Gasteiger charge is -2.06. The summed E-state index contributed by atoms with van der Waals surface area (Å²) in [6.07, 6.45) is 7.17. The van der Waals surface area contributed by atoms with E-state index in [0.717, 1.165) is 12.8 Å². The molecule has 18 heavy (non-hydrogen) atoms. The molecule has 0 aliphatic rings. The first-order chi connectivity index (χ1) is 8.83. The van der Waals surface area contributed by atoms with E-state index in [-0.39, 0.29) is 0 Å². The molecule has 0 aromatic heterocycles. The van der Waals surface area contributed by atoms with Gasteiger partial charge in [-0.2, -0.15) is 0 Å². The van der Waals surface area contributed by atoms with E-state index < -0.39 is 8.25 Å². The quantitative estimate of drug-likeness (QED) is 0.451.